The maximum Gasteiger partial charge on any atom is 0.337 e. The Bertz CT molecular complexity index is 1130. The quantitative estimate of drug-likeness (QED) is 0.149. The molecule has 2 aromatic rings. The molecule has 5 N–H and O–H groups in total. The van der Waals surface area contributed by atoms with Gasteiger partial charge in [-0.3, -0.25) is 5.43 Å². The van der Waals surface area contributed by atoms with Crippen LogP contribution in [0.3, 0.4) is 0 Å². The highest BCUT2D eigenvalue weighted by Crippen LogP contribution is 2.34. The van der Waals surface area contributed by atoms with Gasteiger partial charge in [-0.25, -0.2) is 9.59 Å². The highest BCUT2D eigenvalue weighted by atomic mass is 16.5. The van der Waals surface area contributed by atoms with Crippen LogP contribution in [0.25, 0.3) is 0 Å². The zero-order valence-corrected chi connectivity index (χ0v) is 19.6. The molecule has 186 valence electrons. The first-order valence-electron chi connectivity index (χ1n) is 10.8. The van der Waals surface area contributed by atoms with E-state index in [1.807, 2.05) is 0 Å². The molecule has 11 heteroatoms. The summed E-state index contributed by atoms with van der Waals surface area (Å²) in [7, 11) is 1.27. The van der Waals surface area contributed by atoms with Gasteiger partial charge in [0.05, 0.1) is 31.5 Å². The molecule has 1 heterocycles. The topological polar surface area (TPSA) is 151 Å². The summed E-state index contributed by atoms with van der Waals surface area (Å²) in [6.07, 6.45) is 0.323. The normalized spacial score (nSPS) is 16.3. The Kier molecular flexibility index (Phi) is 8.52. The van der Waals surface area contributed by atoms with Gasteiger partial charge in [0.25, 0.3) is 0 Å². The highest BCUT2D eigenvalue weighted by Gasteiger charge is 2.32. The van der Waals surface area contributed by atoms with E-state index in [1.54, 1.807) is 50.2 Å². The number of hydrogen-bond acceptors (Lipinski definition) is 9. The largest absolute Gasteiger partial charge is 0.508 e. The summed E-state index contributed by atoms with van der Waals surface area (Å²) >= 11 is 0. The predicted octanol–water partition coefficient (Wildman–Crippen LogP) is 1.91. The van der Waals surface area contributed by atoms with Gasteiger partial charge in [-0.1, -0.05) is 18.2 Å². The van der Waals surface area contributed by atoms with Crippen molar-refractivity contribution in [2.75, 3.05) is 20.3 Å². The number of aliphatic hydroxyl groups excluding tert-OH is 1. The van der Waals surface area contributed by atoms with Crippen LogP contribution in [0.2, 0.25) is 0 Å². The molecule has 0 fully saturated rings. The first kappa shape index (κ1) is 25.4. The van der Waals surface area contributed by atoms with Crippen LogP contribution >= 0.6 is 0 Å². The summed E-state index contributed by atoms with van der Waals surface area (Å²) in [4.78, 5) is 24.4. The summed E-state index contributed by atoms with van der Waals surface area (Å²) < 4.78 is 16.3. The van der Waals surface area contributed by atoms with Crippen molar-refractivity contribution in [1.82, 2.24) is 16.1 Å². The lowest BCUT2D eigenvalue weighted by Gasteiger charge is -2.28. The van der Waals surface area contributed by atoms with Crippen LogP contribution in [-0.4, -0.2) is 55.0 Å². The van der Waals surface area contributed by atoms with E-state index in [2.05, 4.69) is 21.2 Å². The number of ether oxygens (including phenoxy) is 3. The molecule has 0 unspecified atom stereocenters. The number of phenolic OH excluding ortho intramolecular Hbond substituents is 1. The number of nitrogens with zero attached hydrogens (tertiary/aromatic N) is 1. The van der Waals surface area contributed by atoms with E-state index >= 15 is 0 Å². The summed E-state index contributed by atoms with van der Waals surface area (Å²) in [5, 5.41) is 28.9. The van der Waals surface area contributed by atoms with Crippen LogP contribution in [0, 0.1) is 0 Å². The fourth-order valence-corrected chi connectivity index (χ4v) is 3.43. The first-order chi connectivity index (χ1) is 16.8. The number of nitrogens with one attached hydrogen (secondary N) is 3. The Labute approximate surface area is 202 Å². The third-order valence-electron chi connectivity index (χ3n) is 4.98. The Morgan fingerprint density at radius 2 is 2.03 bits per heavy atom. The van der Waals surface area contributed by atoms with Gasteiger partial charge in [0, 0.05) is 5.70 Å². The third-order valence-corrected chi connectivity index (χ3v) is 4.98. The van der Waals surface area contributed by atoms with Gasteiger partial charge in [-0.05, 0) is 49.2 Å². The molecule has 0 saturated carbocycles. The Morgan fingerprint density at radius 3 is 2.74 bits per heavy atom. The molecule has 11 nitrogen and oxygen atoms in total. The Balaban J connectivity index is 1.71. The average Bonchev–Trinajstić information content (AvgIpc) is 2.82. The number of hydrogen-bond donors (Lipinski definition) is 5. The van der Waals surface area contributed by atoms with Crippen molar-refractivity contribution in [3.8, 4) is 17.2 Å². The molecule has 2 amide bonds. The fourth-order valence-electron chi connectivity index (χ4n) is 3.43. The predicted molar refractivity (Wildman–Crippen MR) is 127 cm³/mol. The number of carbonyl (C=O) groups is 2. The molecular formula is C24H28N4O7. The van der Waals surface area contributed by atoms with E-state index in [0.717, 1.165) is 0 Å². The van der Waals surface area contributed by atoms with E-state index in [-0.39, 0.29) is 17.9 Å². The molecule has 3 rings (SSSR count). The number of methoxy groups -OCH3 is 1. The maximum atomic E-state index is 12.3. The molecule has 1 aliphatic heterocycles. The second kappa shape index (κ2) is 11.7. The van der Waals surface area contributed by atoms with E-state index in [0.29, 0.717) is 34.9 Å². The number of aliphatic hydroxyl groups is 1. The number of carbonyl (C=O) groups excluding carboxylic acids is 2. The minimum atomic E-state index is -1.13. The van der Waals surface area contributed by atoms with Gasteiger partial charge in [-0.15, -0.1) is 0 Å². The number of aromatic hydroxyl groups is 1. The molecule has 0 aromatic heterocycles. The van der Waals surface area contributed by atoms with Gasteiger partial charge in [-0.2, -0.15) is 5.10 Å². The summed E-state index contributed by atoms with van der Waals surface area (Å²) in [6, 6.07) is 10.3. The third kappa shape index (κ3) is 6.64. The van der Waals surface area contributed by atoms with Crippen LogP contribution < -0.4 is 25.5 Å². The van der Waals surface area contributed by atoms with Crippen LogP contribution in [-0.2, 0) is 9.53 Å². The molecular weight excluding hydrogens is 456 g/mol. The lowest BCUT2D eigenvalue weighted by Crippen LogP contribution is -2.45. The van der Waals surface area contributed by atoms with Crippen LogP contribution in [0.15, 0.2) is 58.8 Å². The molecule has 0 spiro atoms. The summed E-state index contributed by atoms with van der Waals surface area (Å²) in [6.45, 7) is 3.62. The molecule has 1 aliphatic rings. The number of benzene rings is 2. The zero-order chi connectivity index (χ0) is 25.4. The highest BCUT2D eigenvalue weighted by molar-refractivity contribution is 5.95. The van der Waals surface area contributed by atoms with Crippen molar-refractivity contribution in [3.63, 3.8) is 0 Å². The van der Waals surface area contributed by atoms with Crippen LogP contribution in [0.5, 0.6) is 17.2 Å². The fraction of sp³-hybridized carbons (Fsp3) is 0.292. The SMILES string of the molecule is CCOc1cc([C@@H]2NC(=O)NC(C)=C2C(=O)OC)ccc1OC[C@H](O)N/N=C\c1cccc(O)c1. The maximum absolute atomic E-state index is 12.3. The van der Waals surface area contributed by atoms with Crippen molar-refractivity contribution in [2.45, 2.75) is 26.1 Å². The molecule has 2 atom stereocenters. The number of esters is 1. The second-order valence-corrected chi connectivity index (χ2v) is 7.51. The molecule has 2 aromatic carbocycles. The smallest absolute Gasteiger partial charge is 0.337 e. The number of hydrazone groups is 1. The van der Waals surface area contributed by atoms with E-state index in [4.69, 9.17) is 14.2 Å². The van der Waals surface area contributed by atoms with Gasteiger partial charge in [0.2, 0.25) is 0 Å². The number of allylic oxidation sites excluding steroid dienone is 1. The van der Waals surface area contributed by atoms with Gasteiger partial charge in [0.15, 0.2) is 17.7 Å². The van der Waals surface area contributed by atoms with Crippen molar-refractivity contribution in [1.29, 1.82) is 0 Å². The van der Waals surface area contributed by atoms with E-state index in [9.17, 15) is 19.8 Å². The molecule has 0 bridgehead atoms. The molecule has 35 heavy (non-hydrogen) atoms. The Morgan fingerprint density at radius 1 is 1.23 bits per heavy atom. The van der Waals surface area contributed by atoms with Crippen molar-refractivity contribution < 1.29 is 34.0 Å². The standard InChI is InChI=1S/C24H28N4O7/c1-4-34-19-11-16(22-21(23(31)33-3)14(2)26-24(32)27-22)8-9-18(19)35-13-20(30)28-25-12-15-6-5-7-17(29)10-15/h5-12,20,22,28-30H,4,13H2,1-3H3,(H2,26,27,32)/b25-12-/t20-,22-/m0/s1. The Hall–Kier alpha value is -4.25. The monoisotopic (exact) mass is 484 g/mol. The number of urea groups is 1. The molecule has 0 aliphatic carbocycles. The molecule has 0 radical (unpaired) electrons. The summed E-state index contributed by atoms with van der Waals surface area (Å²) in [5.74, 6) is 0.265. The van der Waals surface area contributed by atoms with Gasteiger partial charge in [0.1, 0.15) is 12.4 Å². The van der Waals surface area contributed by atoms with Crippen LogP contribution in [0.4, 0.5) is 4.79 Å². The lowest BCUT2D eigenvalue weighted by molar-refractivity contribution is -0.136. The first-order valence-corrected chi connectivity index (χ1v) is 10.8. The zero-order valence-electron chi connectivity index (χ0n) is 19.6. The minimum absolute atomic E-state index is 0.109. The second-order valence-electron chi connectivity index (χ2n) is 7.51. The number of phenols is 1. The van der Waals surface area contributed by atoms with Crippen molar-refractivity contribution >= 4 is 18.2 Å². The minimum Gasteiger partial charge on any atom is -0.508 e. The number of amides is 2. The van der Waals surface area contributed by atoms with Crippen molar-refractivity contribution in [2.24, 2.45) is 5.10 Å². The number of rotatable bonds is 10. The van der Waals surface area contributed by atoms with Crippen LogP contribution in [0.1, 0.15) is 31.0 Å². The van der Waals surface area contributed by atoms with Gasteiger partial charge >= 0.3 is 12.0 Å². The van der Waals surface area contributed by atoms with E-state index < -0.39 is 24.3 Å². The summed E-state index contributed by atoms with van der Waals surface area (Å²) in [5.41, 5.74) is 4.44. The molecule has 0 saturated heterocycles. The van der Waals surface area contributed by atoms with E-state index in [1.165, 1.54) is 19.4 Å². The van der Waals surface area contributed by atoms with Crippen molar-refractivity contribution in [3.05, 3.63) is 64.9 Å². The van der Waals surface area contributed by atoms with Gasteiger partial charge < -0.3 is 35.1 Å². The average molecular weight is 485 g/mol. The lowest BCUT2D eigenvalue weighted by atomic mass is 9.95.